The van der Waals surface area contributed by atoms with E-state index in [4.69, 9.17) is 0 Å². The Morgan fingerprint density at radius 2 is 2.00 bits per heavy atom. The van der Waals surface area contributed by atoms with Gasteiger partial charge in [0.05, 0.1) is 5.92 Å². The molecule has 3 rings (SSSR count). The molecule has 0 aliphatic heterocycles. The fourth-order valence-corrected chi connectivity index (χ4v) is 4.28. The highest BCUT2D eigenvalue weighted by Crippen LogP contribution is 2.48. The molecule has 2 bridgehead atoms. The number of benzene rings is 1. The molecule has 0 radical (unpaired) electrons. The molecule has 112 valence electrons. The van der Waals surface area contributed by atoms with Crippen molar-refractivity contribution in [3.05, 3.63) is 27.8 Å². The van der Waals surface area contributed by atoms with Crippen molar-refractivity contribution >= 4 is 40.3 Å². The van der Waals surface area contributed by atoms with E-state index in [0.29, 0.717) is 5.92 Å². The van der Waals surface area contributed by atoms with E-state index >= 15 is 0 Å². The molecule has 6 heteroatoms. The van der Waals surface area contributed by atoms with Gasteiger partial charge in [0, 0.05) is 15.3 Å². The fraction of sp³-hybridized carbons (Fsp3) is 0.467. The van der Waals surface area contributed by atoms with E-state index in [9.17, 15) is 14.7 Å². The highest BCUT2D eigenvalue weighted by molar-refractivity contribution is 14.1. The topological polar surface area (TPSA) is 78.4 Å². The largest absolute Gasteiger partial charge is 0.481 e. The maximum absolute atomic E-state index is 12.1. The molecular weight excluding hydrogens is 383 g/mol. The minimum absolute atomic E-state index is 0.218. The number of hydrogen-bond donors (Lipinski definition) is 3. The maximum atomic E-state index is 12.1. The molecule has 4 atom stereocenters. The van der Waals surface area contributed by atoms with Crippen molar-refractivity contribution in [2.75, 3.05) is 5.32 Å². The lowest BCUT2D eigenvalue weighted by molar-refractivity contribution is -0.144. The molecule has 2 aliphatic rings. The quantitative estimate of drug-likeness (QED) is 0.683. The van der Waals surface area contributed by atoms with Crippen molar-refractivity contribution in [3.8, 4) is 0 Å². The van der Waals surface area contributed by atoms with Gasteiger partial charge < -0.3 is 15.7 Å². The SMILES string of the molecule is O=C(Nc1cccc(I)c1)NC1C2CCC(C2)C1C(=O)O. The monoisotopic (exact) mass is 400 g/mol. The summed E-state index contributed by atoms with van der Waals surface area (Å²) in [5.74, 6) is -0.708. The molecule has 2 saturated carbocycles. The predicted octanol–water partition coefficient (Wildman–Crippen LogP) is 2.91. The Morgan fingerprint density at radius 3 is 2.71 bits per heavy atom. The van der Waals surface area contributed by atoms with Crippen LogP contribution in [0.1, 0.15) is 19.3 Å². The van der Waals surface area contributed by atoms with Crippen LogP contribution in [0.4, 0.5) is 10.5 Å². The molecule has 0 saturated heterocycles. The van der Waals surface area contributed by atoms with Gasteiger partial charge in [-0.15, -0.1) is 0 Å². The number of urea groups is 1. The number of carboxylic acids is 1. The average molecular weight is 400 g/mol. The van der Waals surface area contributed by atoms with Crippen LogP contribution in [-0.4, -0.2) is 23.1 Å². The van der Waals surface area contributed by atoms with Crippen LogP contribution in [0.15, 0.2) is 24.3 Å². The average Bonchev–Trinajstić information content (AvgIpc) is 2.99. The normalized spacial score (nSPS) is 30.1. The number of anilines is 1. The molecular formula is C15H17IN2O3. The van der Waals surface area contributed by atoms with Crippen molar-refractivity contribution in [2.24, 2.45) is 17.8 Å². The Labute approximate surface area is 136 Å². The van der Waals surface area contributed by atoms with Gasteiger partial charge in [-0.25, -0.2) is 4.79 Å². The third kappa shape index (κ3) is 3.00. The lowest BCUT2D eigenvalue weighted by Crippen LogP contribution is -2.48. The first-order chi connectivity index (χ1) is 10.0. The summed E-state index contributed by atoms with van der Waals surface area (Å²) in [4.78, 5) is 23.5. The lowest BCUT2D eigenvalue weighted by Gasteiger charge is -2.28. The highest BCUT2D eigenvalue weighted by atomic mass is 127. The molecule has 2 amide bonds. The van der Waals surface area contributed by atoms with Gasteiger partial charge in [-0.2, -0.15) is 0 Å². The van der Waals surface area contributed by atoms with E-state index in [1.807, 2.05) is 24.3 Å². The number of rotatable bonds is 3. The van der Waals surface area contributed by atoms with Gasteiger partial charge in [0.2, 0.25) is 0 Å². The van der Waals surface area contributed by atoms with Gasteiger partial charge in [-0.05, 0) is 71.9 Å². The summed E-state index contributed by atoms with van der Waals surface area (Å²) >= 11 is 2.18. The van der Waals surface area contributed by atoms with Crippen LogP contribution in [0.5, 0.6) is 0 Å². The van der Waals surface area contributed by atoms with Crippen LogP contribution in [-0.2, 0) is 4.79 Å². The fourth-order valence-electron chi connectivity index (χ4n) is 3.74. The Kier molecular flexibility index (Phi) is 4.05. The predicted molar refractivity (Wildman–Crippen MR) is 87.1 cm³/mol. The molecule has 2 aliphatic carbocycles. The number of amides is 2. The summed E-state index contributed by atoms with van der Waals surface area (Å²) in [6, 6.07) is 6.94. The highest BCUT2D eigenvalue weighted by Gasteiger charge is 2.51. The van der Waals surface area contributed by atoms with Gasteiger partial charge in [0.1, 0.15) is 0 Å². The van der Waals surface area contributed by atoms with Crippen LogP contribution in [0.25, 0.3) is 0 Å². The molecule has 0 aromatic heterocycles. The minimum Gasteiger partial charge on any atom is -0.481 e. The Hall–Kier alpha value is -1.31. The molecule has 2 fully saturated rings. The zero-order valence-electron chi connectivity index (χ0n) is 11.4. The third-order valence-electron chi connectivity index (χ3n) is 4.58. The van der Waals surface area contributed by atoms with Crippen LogP contribution >= 0.6 is 22.6 Å². The standard InChI is InChI=1S/C15H17IN2O3/c16-10-2-1-3-11(7-10)17-15(21)18-13-9-5-4-8(6-9)12(13)14(19)20/h1-3,7-9,12-13H,4-6H2,(H,19,20)(H2,17,18,21). The Bertz CT molecular complexity index is 578. The number of aliphatic carboxylic acids is 1. The third-order valence-corrected chi connectivity index (χ3v) is 5.25. The van der Waals surface area contributed by atoms with Crippen LogP contribution in [0, 0.1) is 21.3 Å². The van der Waals surface area contributed by atoms with Crippen LogP contribution < -0.4 is 10.6 Å². The van der Waals surface area contributed by atoms with Crippen LogP contribution in [0.2, 0.25) is 0 Å². The van der Waals surface area contributed by atoms with E-state index in [0.717, 1.165) is 28.5 Å². The maximum Gasteiger partial charge on any atom is 0.319 e. The molecule has 1 aromatic rings. The van der Waals surface area contributed by atoms with Gasteiger partial charge >= 0.3 is 12.0 Å². The summed E-state index contributed by atoms with van der Waals surface area (Å²) in [7, 11) is 0. The smallest absolute Gasteiger partial charge is 0.319 e. The Balaban J connectivity index is 1.65. The summed E-state index contributed by atoms with van der Waals surface area (Å²) < 4.78 is 1.04. The molecule has 0 heterocycles. The number of carbonyl (C=O) groups is 2. The second-order valence-electron chi connectivity index (χ2n) is 5.83. The summed E-state index contributed by atoms with van der Waals surface area (Å²) in [5, 5.41) is 15.0. The zero-order chi connectivity index (χ0) is 15.0. The van der Waals surface area contributed by atoms with Crippen molar-refractivity contribution in [2.45, 2.75) is 25.3 Å². The van der Waals surface area contributed by atoms with Crippen molar-refractivity contribution in [3.63, 3.8) is 0 Å². The summed E-state index contributed by atoms with van der Waals surface area (Å²) in [5.41, 5.74) is 0.717. The Morgan fingerprint density at radius 1 is 1.24 bits per heavy atom. The van der Waals surface area contributed by atoms with Gasteiger partial charge in [0.25, 0.3) is 0 Å². The number of nitrogens with one attached hydrogen (secondary N) is 2. The number of fused-ring (bicyclic) bond motifs is 2. The zero-order valence-corrected chi connectivity index (χ0v) is 13.5. The molecule has 3 N–H and O–H groups in total. The first-order valence-corrected chi connectivity index (χ1v) is 8.18. The number of hydrogen-bond acceptors (Lipinski definition) is 2. The van der Waals surface area contributed by atoms with Gasteiger partial charge in [0.15, 0.2) is 0 Å². The molecule has 5 nitrogen and oxygen atoms in total. The summed E-state index contributed by atoms with van der Waals surface area (Å²) in [6.45, 7) is 0. The van der Waals surface area contributed by atoms with E-state index < -0.39 is 11.9 Å². The number of carbonyl (C=O) groups excluding carboxylic acids is 1. The second-order valence-corrected chi connectivity index (χ2v) is 7.08. The molecule has 1 aromatic carbocycles. The minimum atomic E-state index is -0.790. The molecule has 0 spiro atoms. The second kappa shape index (κ2) is 5.82. The van der Waals surface area contributed by atoms with E-state index in [-0.39, 0.29) is 18.0 Å². The lowest BCUT2D eigenvalue weighted by atomic mass is 9.84. The van der Waals surface area contributed by atoms with Gasteiger partial charge in [-0.3, -0.25) is 4.79 Å². The van der Waals surface area contributed by atoms with E-state index in [1.165, 1.54) is 0 Å². The number of carboxylic acid groups (broad SMARTS) is 1. The van der Waals surface area contributed by atoms with E-state index in [2.05, 4.69) is 33.2 Å². The first-order valence-electron chi connectivity index (χ1n) is 7.10. The molecule has 4 unspecified atom stereocenters. The van der Waals surface area contributed by atoms with Crippen molar-refractivity contribution in [1.82, 2.24) is 5.32 Å². The van der Waals surface area contributed by atoms with Crippen LogP contribution in [0.3, 0.4) is 0 Å². The van der Waals surface area contributed by atoms with Crippen molar-refractivity contribution in [1.29, 1.82) is 0 Å². The summed E-state index contributed by atoms with van der Waals surface area (Å²) in [6.07, 6.45) is 2.91. The van der Waals surface area contributed by atoms with E-state index in [1.54, 1.807) is 0 Å². The van der Waals surface area contributed by atoms with Crippen molar-refractivity contribution < 1.29 is 14.7 Å². The first kappa shape index (κ1) is 14.6. The number of halogens is 1. The molecule has 21 heavy (non-hydrogen) atoms. The van der Waals surface area contributed by atoms with Gasteiger partial charge in [-0.1, -0.05) is 6.07 Å².